The summed E-state index contributed by atoms with van der Waals surface area (Å²) in [6.07, 6.45) is 0. The van der Waals surface area contributed by atoms with Crippen LogP contribution < -0.4 is 15.2 Å². The van der Waals surface area contributed by atoms with Crippen molar-refractivity contribution < 1.29 is 13.9 Å². The summed E-state index contributed by atoms with van der Waals surface area (Å²) in [5.74, 6) is 1.23. The van der Waals surface area contributed by atoms with Crippen LogP contribution >= 0.6 is 0 Å². The van der Waals surface area contributed by atoms with Gasteiger partial charge in [0.05, 0.1) is 20.3 Å². The molecule has 1 atom stereocenters. The number of hydrogen-bond acceptors (Lipinski definition) is 3. The highest BCUT2D eigenvalue weighted by Crippen LogP contribution is 2.25. The standard InChI is InChI=1S/C10H14FNO2/c1-13-8-3-7(10(12)6-11)4-9(5-8)14-2/h3-5,10H,6,12H2,1-2H3. The summed E-state index contributed by atoms with van der Waals surface area (Å²) in [4.78, 5) is 0. The van der Waals surface area contributed by atoms with E-state index in [1.165, 1.54) is 0 Å². The Morgan fingerprint density at radius 1 is 1.21 bits per heavy atom. The monoisotopic (exact) mass is 199 g/mol. The summed E-state index contributed by atoms with van der Waals surface area (Å²) in [7, 11) is 3.08. The molecule has 0 bridgehead atoms. The number of methoxy groups -OCH3 is 2. The van der Waals surface area contributed by atoms with Gasteiger partial charge < -0.3 is 15.2 Å². The van der Waals surface area contributed by atoms with Crippen LogP contribution in [0.15, 0.2) is 18.2 Å². The Kier molecular flexibility index (Phi) is 3.71. The normalized spacial score (nSPS) is 12.3. The molecule has 0 radical (unpaired) electrons. The van der Waals surface area contributed by atoms with Crippen LogP contribution in [0.2, 0.25) is 0 Å². The molecule has 1 rings (SSSR count). The number of benzene rings is 1. The Morgan fingerprint density at radius 3 is 2.07 bits per heavy atom. The van der Waals surface area contributed by atoms with Gasteiger partial charge in [0.25, 0.3) is 0 Å². The molecule has 4 heteroatoms. The second-order valence-electron chi connectivity index (χ2n) is 2.91. The summed E-state index contributed by atoms with van der Waals surface area (Å²) in [6.45, 7) is -0.601. The Bertz CT molecular complexity index is 282. The molecule has 0 aliphatic rings. The Balaban J connectivity index is 3.04. The van der Waals surface area contributed by atoms with Crippen molar-refractivity contribution in [3.05, 3.63) is 23.8 Å². The smallest absolute Gasteiger partial charge is 0.122 e. The quantitative estimate of drug-likeness (QED) is 0.802. The van der Waals surface area contributed by atoms with Crippen LogP contribution in [0.25, 0.3) is 0 Å². The molecule has 0 amide bonds. The third-order valence-corrected chi connectivity index (χ3v) is 1.97. The van der Waals surface area contributed by atoms with Crippen molar-refractivity contribution in [2.45, 2.75) is 6.04 Å². The zero-order valence-electron chi connectivity index (χ0n) is 8.29. The molecule has 1 aromatic carbocycles. The highest BCUT2D eigenvalue weighted by molar-refractivity contribution is 5.39. The van der Waals surface area contributed by atoms with Crippen LogP contribution in [0.1, 0.15) is 11.6 Å². The third-order valence-electron chi connectivity index (χ3n) is 1.97. The van der Waals surface area contributed by atoms with Crippen molar-refractivity contribution in [1.82, 2.24) is 0 Å². The molecule has 1 aromatic rings. The second-order valence-corrected chi connectivity index (χ2v) is 2.91. The number of rotatable bonds is 4. The summed E-state index contributed by atoms with van der Waals surface area (Å²) in [6, 6.07) is 4.49. The van der Waals surface area contributed by atoms with Crippen LogP contribution in [0.5, 0.6) is 11.5 Å². The van der Waals surface area contributed by atoms with Gasteiger partial charge in [0.1, 0.15) is 18.2 Å². The van der Waals surface area contributed by atoms with Crippen LogP contribution in [-0.2, 0) is 0 Å². The number of ether oxygens (including phenoxy) is 2. The minimum atomic E-state index is -0.626. The zero-order valence-corrected chi connectivity index (χ0v) is 8.29. The first kappa shape index (κ1) is 10.8. The van der Waals surface area contributed by atoms with Gasteiger partial charge in [0.15, 0.2) is 0 Å². The van der Waals surface area contributed by atoms with Crippen molar-refractivity contribution in [2.24, 2.45) is 5.73 Å². The lowest BCUT2D eigenvalue weighted by atomic mass is 10.1. The van der Waals surface area contributed by atoms with Crippen molar-refractivity contribution in [3.63, 3.8) is 0 Å². The molecule has 2 N–H and O–H groups in total. The van der Waals surface area contributed by atoms with Crippen LogP contribution in [-0.4, -0.2) is 20.9 Å². The fraction of sp³-hybridized carbons (Fsp3) is 0.400. The van der Waals surface area contributed by atoms with E-state index in [0.717, 1.165) is 0 Å². The maximum atomic E-state index is 12.3. The molecule has 0 aromatic heterocycles. The third kappa shape index (κ3) is 2.35. The maximum Gasteiger partial charge on any atom is 0.122 e. The summed E-state index contributed by atoms with van der Waals surface area (Å²) in [5.41, 5.74) is 6.23. The van der Waals surface area contributed by atoms with Crippen LogP contribution in [0.3, 0.4) is 0 Å². The molecular formula is C10H14FNO2. The van der Waals surface area contributed by atoms with Crippen LogP contribution in [0.4, 0.5) is 4.39 Å². The van der Waals surface area contributed by atoms with E-state index in [9.17, 15) is 4.39 Å². The topological polar surface area (TPSA) is 44.5 Å². The molecule has 0 aliphatic heterocycles. The van der Waals surface area contributed by atoms with Crippen molar-refractivity contribution >= 4 is 0 Å². The molecule has 0 saturated heterocycles. The predicted molar refractivity (Wildman–Crippen MR) is 52.4 cm³/mol. The van der Waals surface area contributed by atoms with Crippen molar-refractivity contribution in [1.29, 1.82) is 0 Å². The minimum absolute atomic E-state index is 0.601. The molecule has 0 saturated carbocycles. The van der Waals surface area contributed by atoms with Gasteiger partial charge in [-0.05, 0) is 17.7 Å². The van der Waals surface area contributed by atoms with Gasteiger partial charge in [-0.25, -0.2) is 4.39 Å². The van der Waals surface area contributed by atoms with E-state index in [4.69, 9.17) is 15.2 Å². The summed E-state index contributed by atoms with van der Waals surface area (Å²) < 4.78 is 22.4. The largest absolute Gasteiger partial charge is 0.497 e. The molecule has 0 spiro atoms. The van der Waals surface area contributed by atoms with Gasteiger partial charge in [-0.15, -0.1) is 0 Å². The first-order chi connectivity index (χ1) is 6.71. The SMILES string of the molecule is COc1cc(OC)cc(C(N)CF)c1. The lowest BCUT2D eigenvalue weighted by molar-refractivity contribution is 0.389. The van der Waals surface area contributed by atoms with E-state index in [1.807, 2.05) is 0 Å². The average Bonchev–Trinajstić information content (AvgIpc) is 2.27. The fourth-order valence-corrected chi connectivity index (χ4v) is 1.13. The Morgan fingerprint density at radius 2 is 1.71 bits per heavy atom. The fourth-order valence-electron chi connectivity index (χ4n) is 1.13. The first-order valence-electron chi connectivity index (χ1n) is 4.25. The minimum Gasteiger partial charge on any atom is -0.497 e. The van der Waals surface area contributed by atoms with Crippen LogP contribution in [0, 0.1) is 0 Å². The highest BCUT2D eigenvalue weighted by atomic mass is 19.1. The summed E-state index contributed by atoms with van der Waals surface area (Å²) in [5, 5.41) is 0. The van der Waals surface area contributed by atoms with Gasteiger partial charge >= 0.3 is 0 Å². The van der Waals surface area contributed by atoms with Gasteiger partial charge in [-0.3, -0.25) is 0 Å². The van der Waals surface area contributed by atoms with Gasteiger partial charge in [0, 0.05) is 6.07 Å². The lowest BCUT2D eigenvalue weighted by Gasteiger charge is -2.11. The molecule has 0 heterocycles. The average molecular weight is 199 g/mol. The van der Waals surface area contributed by atoms with E-state index < -0.39 is 12.7 Å². The van der Waals surface area contributed by atoms with E-state index in [2.05, 4.69) is 0 Å². The number of hydrogen-bond donors (Lipinski definition) is 1. The maximum absolute atomic E-state index is 12.3. The molecule has 0 fully saturated rings. The van der Waals surface area contributed by atoms with Crippen molar-refractivity contribution in [3.8, 4) is 11.5 Å². The Labute approximate surface area is 82.6 Å². The predicted octanol–water partition coefficient (Wildman–Crippen LogP) is 1.67. The van der Waals surface area contributed by atoms with E-state index in [1.54, 1.807) is 32.4 Å². The summed E-state index contributed by atoms with van der Waals surface area (Å²) >= 11 is 0. The number of nitrogens with two attached hydrogens (primary N) is 1. The Hall–Kier alpha value is -1.29. The second kappa shape index (κ2) is 4.81. The number of halogens is 1. The van der Waals surface area contributed by atoms with Gasteiger partial charge in [-0.1, -0.05) is 0 Å². The molecule has 3 nitrogen and oxygen atoms in total. The van der Waals surface area contributed by atoms with E-state index >= 15 is 0 Å². The van der Waals surface area contributed by atoms with Gasteiger partial charge in [0.2, 0.25) is 0 Å². The lowest BCUT2D eigenvalue weighted by Crippen LogP contribution is -2.12. The van der Waals surface area contributed by atoms with Crippen molar-refractivity contribution in [2.75, 3.05) is 20.9 Å². The zero-order chi connectivity index (χ0) is 10.6. The molecular weight excluding hydrogens is 185 g/mol. The van der Waals surface area contributed by atoms with Gasteiger partial charge in [-0.2, -0.15) is 0 Å². The number of alkyl halides is 1. The first-order valence-corrected chi connectivity index (χ1v) is 4.25. The molecule has 14 heavy (non-hydrogen) atoms. The molecule has 1 unspecified atom stereocenters. The molecule has 78 valence electrons. The van der Waals surface area contributed by atoms with E-state index in [-0.39, 0.29) is 0 Å². The highest BCUT2D eigenvalue weighted by Gasteiger charge is 2.08. The van der Waals surface area contributed by atoms with E-state index in [0.29, 0.717) is 17.1 Å². The molecule has 0 aliphatic carbocycles.